The van der Waals surface area contributed by atoms with Gasteiger partial charge in [0, 0.05) is 6.07 Å². The van der Waals surface area contributed by atoms with Gasteiger partial charge < -0.3 is 0 Å². The van der Waals surface area contributed by atoms with Crippen LogP contribution >= 0.6 is 0 Å². The number of hydrogen-bond donors (Lipinski definition) is 1. The molecule has 2 aromatic carbocycles. The van der Waals surface area contributed by atoms with Gasteiger partial charge in [0.05, 0.1) is 44.8 Å². The summed E-state index contributed by atoms with van der Waals surface area (Å²) >= 11 is 0. The van der Waals surface area contributed by atoms with Gasteiger partial charge in [0.25, 0.3) is 31.6 Å². The molecule has 0 radical (unpaired) electrons. The van der Waals surface area contributed by atoms with Crippen molar-refractivity contribution in [3.63, 3.8) is 0 Å². The lowest BCUT2D eigenvalue weighted by atomic mass is 10.2. The third-order valence-electron chi connectivity index (χ3n) is 3.38. The van der Waals surface area contributed by atoms with E-state index in [-0.39, 0.29) is 5.56 Å². The lowest BCUT2D eigenvalue weighted by Crippen LogP contribution is -2.05. The number of nitro groups is 2. The van der Waals surface area contributed by atoms with Crippen molar-refractivity contribution in [3.8, 4) is 0 Å². The first-order chi connectivity index (χ1) is 14.4. The molecule has 32 heavy (non-hydrogen) atoms. The van der Waals surface area contributed by atoms with E-state index in [4.69, 9.17) is 4.55 Å². The van der Waals surface area contributed by atoms with Gasteiger partial charge in [0.2, 0.25) is 0 Å². The van der Waals surface area contributed by atoms with E-state index in [0.29, 0.717) is 24.3 Å². The summed E-state index contributed by atoms with van der Waals surface area (Å²) < 4.78 is 91.3. The fourth-order valence-corrected chi connectivity index (χ4v) is 2.77. The molecule has 12 nitrogen and oxygen atoms in total. The van der Waals surface area contributed by atoms with E-state index in [9.17, 15) is 50.2 Å². The molecule has 0 atom stereocenters. The molecule has 0 aromatic heterocycles. The van der Waals surface area contributed by atoms with Crippen LogP contribution in [0.1, 0.15) is 11.1 Å². The predicted molar refractivity (Wildman–Crippen MR) is 101 cm³/mol. The summed E-state index contributed by atoms with van der Waals surface area (Å²) in [4.78, 5) is 19.0. The average Bonchev–Trinajstić information content (AvgIpc) is 2.64. The van der Waals surface area contributed by atoms with Crippen LogP contribution in [-0.2, 0) is 37.2 Å². The topological polar surface area (TPSA) is 184 Å². The third kappa shape index (κ3) is 8.53. The number of hydrogen-bond acceptors (Lipinski definition) is 9. The maximum absolute atomic E-state index is 12.0. The van der Waals surface area contributed by atoms with Gasteiger partial charge in [0.1, 0.15) is 0 Å². The van der Waals surface area contributed by atoms with Gasteiger partial charge in [-0.2, -0.15) is 30.0 Å². The summed E-state index contributed by atoms with van der Waals surface area (Å²) in [5.41, 5.74) is -2.04. The number of benzene rings is 2. The number of nitrogens with zero attached hydrogens (tertiary/aromatic N) is 2. The minimum atomic E-state index is -4.52. The highest BCUT2D eigenvalue weighted by Gasteiger charge is 2.30. The molecular weight excluding hydrogens is 489 g/mol. The largest absolute Gasteiger partial charge is 0.416 e. The van der Waals surface area contributed by atoms with Crippen molar-refractivity contribution < 1.29 is 48.6 Å². The summed E-state index contributed by atoms with van der Waals surface area (Å²) in [6.45, 7) is -0.548. The van der Waals surface area contributed by atoms with E-state index in [0.717, 1.165) is 24.5 Å². The number of rotatable bonds is 6. The van der Waals surface area contributed by atoms with E-state index in [2.05, 4.69) is 4.18 Å². The molecule has 0 spiro atoms. The molecule has 0 bridgehead atoms. The molecule has 0 aliphatic rings. The molecule has 0 fully saturated rings. The number of nitro benzene ring substituents is 2. The quantitative estimate of drug-likeness (QED) is 0.266. The summed E-state index contributed by atoms with van der Waals surface area (Å²) in [5.74, 6) is 0. The molecule has 0 unspecified atom stereocenters. The Hall–Kier alpha value is -3.15. The summed E-state index contributed by atoms with van der Waals surface area (Å²) in [5, 5.41) is 21.2. The Morgan fingerprint density at radius 3 is 1.88 bits per heavy atom. The van der Waals surface area contributed by atoms with E-state index in [1.54, 1.807) is 0 Å². The second-order valence-electron chi connectivity index (χ2n) is 5.79. The Bertz CT molecular complexity index is 1210. The Balaban J connectivity index is 0.000000330. The smallest absolute Gasteiger partial charge is 0.282 e. The van der Waals surface area contributed by atoms with Crippen molar-refractivity contribution in [2.24, 2.45) is 0 Å². The Morgan fingerprint density at radius 2 is 1.50 bits per heavy atom. The molecule has 0 aliphatic carbocycles. The Kier molecular flexibility index (Phi) is 8.39. The molecule has 2 rings (SSSR count). The first kappa shape index (κ1) is 26.9. The van der Waals surface area contributed by atoms with Crippen LogP contribution in [-0.4, -0.2) is 37.5 Å². The first-order valence-electron chi connectivity index (χ1n) is 7.82. The summed E-state index contributed by atoms with van der Waals surface area (Å²) in [6, 6.07) is 5.43. The Morgan fingerprint density at radius 1 is 0.969 bits per heavy atom. The molecular formula is C15H13F3N2O10S2. The van der Waals surface area contributed by atoms with Gasteiger partial charge in [-0.3, -0.25) is 29.0 Å². The van der Waals surface area contributed by atoms with Crippen molar-refractivity contribution >= 4 is 31.6 Å². The van der Waals surface area contributed by atoms with Crippen LogP contribution in [0.3, 0.4) is 0 Å². The van der Waals surface area contributed by atoms with Crippen LogP contribution < -0.4 is 0 Å². The van der Waals surface area contributed by atoms with Crippen molar-refractivity contribution in [1.29, 1.82) is 0 Å². The molecule has 17 heteroatoms. The summed E-state index contributed by atoms with van der Waals surface area (Å²) in [6.07, 6.45) is -3.72. The van der Waals surface area contributed by atoms with Gasteiger partial charge in [-0.25, -0.2) is 0 Å². The van der Waals surface area contributed by atoms with E-state index >= 15 is 0 Å². The minimum absolute atomic E-state index is 0.0592. The SMILES string of the molecule is CS(=O)(=O)OCc1ccc([N+](=O)[O-])cc1[N+](=O)[O-].O=S(=O)(O)c1ccc(C(F)(F)F)cc1. The Labute approximate surface area is 178 Å². The predicted octanol–water partition coefficient (Wildman–Crippen LogP) is 2.93. The van der Waals surface area contributed by atoms with Gasteiger partial charge in [-0.15, -0.1) is 0 Å². The number of alkyl halides is 3. The van der Waals surface area contributed by atoms with Crippen LogP contribution in [0.15, 0.2) is 47.4 Å². The van der Waals surface area contributed by atoms with Crippen molar-refractivity contribution in [2.45, 2.75) is 17.7 Å². The zero-order valence-corrected chi connectivity index (χ0v) is 17.3. The van der Waals surface area contributed by atoms with E-state index < -0.39 is 64.7 Å². The molecule has 2 aromatic rings. The molecule has 0 heterocycles. The summed E-state index contributed by atoms with van der Waals surface area (Å²) in [7, 11) is -8.18. The lowest BCUT2D eigenvalue weighted by molar-refractivity contribution is -0.394. The minimum Gasteiger partial charge on any atom is -0.282 e. The van der Waals surface area contributed by atoms with Crippen molar-refractivity contribution in [2.75, 3.05) is 6.26 Å². The molecule has 0 saturated heterocycles. The molecule has 176 valence electrons. The average molecular weight is 502 g/mol. The second-order valence-corrected chi connectivity index (χ2v) is 8.86. The molecule has 0 saturated carbocycles. The fraction of sp³-hybridized carbons (Fsp3) is 0.200. The van der Waals surface area contributed by atoms with Crippen LogP contribution in [0.25, 0.3) is 0 Å². The second kappa shape index (κ2) is 9.98. The third-order valence-corrected chi connectivity index (χ3v) is 4.80. The highest BCUT2D eigenvalue weighted by atomic mass is 32.2. The molecule has 0 aliphatic heterocycles. The van der Waals surface area contributed by atoms with Crippen LogP contribution in [0.2, 0.25) is 0 Å². The fourth-order valence-electron chi connectivity index (χ4n) is 1.94. The van der Waals surface area contributed by atoms with Gasteiger partial charge in [-0.05, 0) is 30.3 Å². The standard InChI is InChI=1S/C8H8N2O7S.C7H5F3O3S/c1-18(15,16)17-5-6-2-3-7(9(11)12)4-8(6)10(13)14;8-7(9,10)5-1-3-6(4-2-5)14(11,12)13/h2-4H,5H2,1H3;1-4H,(H,11,12,13). The highest BCUT2D eigenvalue weighted by Crippen LogP contribution is 2.29. The van der Waals surface area contributed by atoms with Gasteiger partial charge >= 0.3 is 6.18 Å². The lowest BCUT2D eigenvalue weighted by Gasteiger charge is -2.05. The van der Waals surface area contributed by atoms with E-state index in [1.807, 2.05) is 0 Å². The van der Waals surface area contributed by atoms with Crippen molar-refractivity contribution in [1.82, 2.24) is 0 Å². The van der Waals surface area contributed by atoms with Crippen LogP contribution in [0.4, 0.5) is 24.5 Å². The highest BCUT2D eigenvalue weighted by molar-refractivity contribution is 7.86. The van der Waals surface area contributed by atoms with Gasteiger partial charge in [-0.1, -0.05) is 0 Å². The maximum atomic E-state index is 12.0. The van der Waals surface area contributed by atoms with Crippen LogP contribution in [0, 0.1) is 20.2 Å². The van der Waals surface area contributed by atoms with Gasteiger partial charge in [0.15, 0.2) is 0 Å². The van der Waals surface area contributed by atoms with E-state index in [1.165, 1.54) is 0 Å². The normalized spacial score (nSPS) is 11.9. The zero-order valence-electron chi connectivity index (χ0n) is 15.7. The van der Waals surface area contributed by atoms with Crippen LogP contribution in [0.5, 0.6) is 0 Å². The number of non-ortho nitro benzene ring substituents is 1. The molecule has 1 N–H and O–H groups in total. The first-order valence-corrected chi connectivity index (χ1v) is 11.1. The monoisotopic (exact) mass is 502 g/mol. The maximum Gasteiger partial charge on any atom is 0.416 e. The van der Waals surface area contributed by atoms with Crippen molar-refractivity contribution in [3.05, 3.63) is 73.8 Å². The number of halogens is 3. The zero-order chi connectivity index (χ0) is 24.9. The molecule has 0 amide bonds.